The van der Waals surface area contributed by atoms with Crippen LogP contribution < -0.4 is 11.0 Å². The van der Waals surface area contributed by atoms with Crippen LogP contribution in [-0.4, -0.2) is 26.2 Å². The molecule has 0 amide bonds. The van der Waals surface area contributed by atoms with Crippen molar-refractivity contribution in [3.8, 4) is 0 Å². The Bertz CT molecular complexity index is 1010. The average molecular weight is 412 g/mol. The van der Waals surface area contributed by atoms with E-state index in [1.54, 1.807) is 4.68 Å². The van der Waals surface area contributed by atoms with E-state index in [-0.39, 0.29) is 10.7 Å². The second-order valence-corrected chi connectivity index (χ2v) is 6.54. The molecule has 10 heteroatoms. The second-order valence-electron chi connectivity index (χ2n) is 5.37. The maximum absolute atomic E-state index is 11.4. The van der Waals surface area contributed by atoms with Crippen LogP contribution in [0.3, 0.4) is 0 Å². The molecule has 3 rings (SSSR count). The van der Waals surface area contributed by atoms with Crippen LogP contribution >= 0.6 is 34.8 Å². The van der Waals surface area contributed by atoms with Crippen molar-refractivity contribution < 1.29 is 0 Å². The Morgan fingerprint density at radius 1 is 1.27 bits per heavy atom. The van der Waals surface area contributed by atoms with Gasteiger partial charge in [0, 0.05) is 5.02 Å². The van der Waals surface area contributed by atoms with Gasteiger partial charge in [-0.25, -0.2) is 9.78 Å². The van der Waals surface area contributed by atoms with Crippen molar-refractivity contribution in [3.05, 3.63) is 72.8 Å². The minimum Gasteiger partial charge on any atom is -0.275 e. The van der Waals surface area contributed by atoms with Crippen LogP contribution in [0.15, 0.2) is 40.4 Å². The molecule has 0 bridgehead atoms. The molecule has 3 aromatic rings. The first-order chi connectivity index (χ1) is 12.5. The number of halogens is 3. The smallest absolute Gasteiger partial charge is 0.275 e. The summed E-state index contributed by atoms with van der Waals surface area (Å²) in [5.74, 6) is 0. The van der Waals surface area contributed by atoms with Gasteiger partial charge in [0.15, 0.2) is 0 Å². The number of hydrogen-bond acceptors (Lipinski definition) is 5. The van der Waals surface area contributed by atoms with Gasteiger partial charge >= 0.3 is 0 Å². The summed E-state index contributed by atoms with van der Waals surface area (Å²) in [6, 6.07) is 7.44. The van der Waals surface area contributed by atoms with Crippen LogP contribution in [0.5, 0.6) is 0 Å². The lowest BCUT2D eigenvalue weighted by Crippen LogP contribution is -2.10. The lowest BCUT2D eigenvalue weighted by Gasteiger charge is -2.04. The van der Waals surface area contributed by atoms with Gasteiger partial charge in [0.2, 0.25) is 0 Å². The highest BCUT2D eigenvalue weighted by atomic mass is 35.5. The second kappa shape index (κ2) is 7.90. The normalized spacial score (nSPS) is 11.2. The van der Waals surface area contributed by atoms with E-state index in [0.717, 1.165) is 5.56 Å². The zero-order chi connectivity index (χ0) is 18.7. The Morgan fingerprint density at radius 2 is 2.00 bits per heavy atom. The van der Waals surface area contributed by atoms with Crippen LogP contribution in [0, 0.1) is 6.92 Å². The molecule has 2 aromatic heterocycles. The summed E-state index contributed by atoms with van der Waals surface area (Å²) >= 11 is 18.2. The molecule has 0 aliphatic carbocycles. The molecule has 7 nitrogen and oxygen atoms in total. The Labute approximate surface area is 163 Å². The number of nitrogens with one attached hydrogen (secondary N) is 2. The van der Waals surface area contributed by atoms with Crippen LogP contribution in [0.25, 0.3) is 0 Å². The van der Waals surface area contributed by atoms with Crippen molar-refractivity contribution in [1.82, 2.24) is 20.0 Å². The lowest BCUT2D eigenvalue weighted by atomic mass is 10.2. The van der Waals surface area contributed by atoms with E-state index < -0.39 is 5.56 Å². The number of aromatic amines is 1. The molecule has 26 heavy (non-hydrogen) atoms. The Hall–Kier alpha value is -2.35. The molecule has 0 radical (unpaired) electrons. The molecule has 0 aliphatic rings. The van der Waals surface area contributed by atoms with Crippen molar-refractivity contribution in [1.29, 1.82) is 0 Å². The quantitative estimate of drug-likeness (QED) is 0.494. The summed E-state index contributed by atoms with van der Waals surface area (Å²) in [4.78, 5) is 11.4. The van der Waals surface area contributed by atoms with Crippen LogP contribution in [0.2, 0.25) is 15.2 Å². The predicted molar refractivity (Wildman–Crippen MR) is 104 cm³/mol. The minimum absolute atomic E-state index is 0.0293. The Morgan fingerprint density at radius 3 is 2.73 bits per heavy atom. The Kier molecular flexibility index (Phi) is 5.61. The molecular weight excluding hydrogens is 399 g/mol. The number of hydrazone groups is 1. The number of benzene rings is 1. The lowest BCUT2D eigenvalue weighted by molar-refractivity contribution is 0.680. The molecular formula is C16H13Cl3N6O. The van der Waals surface area contributed by atoms with Crippen molar-refractivity contribution in [2.45, 2.75) is 13.5 Å². The van der Waals surface area contributed by atoms with E-state index in [0.29, 0.717) is 28.0 Å². The van der Waals surface area contributed by atoms with Gasteiger partial charge in [0.1, 0.15) is 15.9 Å². The molecule has 2 heterocycles. The number of H-pyrrole nitrogens is 1. The van der Waals surface area contributed by atoms with Gasteiger partial charge in [-0.15, -0.1) is 0 Å². The maximum Gasteiger partial charge on any atom is 0.285 e. The predicted octanol–water partition coefficient (Wildman–Crippen LogP) is 3.73. The van der Waals surface area contributed by atoms with Gasteiger partial charge < -0.3 is 0 Å². The highest BCUT2D eigenvalue weighted by Crippen LogP contribution is 2.20. The highest BCUT2D eigenvalue weighted by molar-refractivity contribution is 6.33. The molecule has 0 saturated heterocycles. The van der Waals surface area contributed by atoms with E-state index in [1.165, 1.54) is 12.4 Å². The van der Waals surface area contributed by atoms with Gasteiger partial charge in [-0.05, 0) is 24.6 Å². The van der Waals surface area contributed by atoms with Gasteiger partial charge in [0.25, 0.3) is 5.56 Å². The molecule has 0 fully saturated rings. The topological polar surface area (TPSA) is 88.0 Å². The summed E-state index contributed by atoms with van der Waals surface area (Å²) in [5, 5.41) is 15.4. The van der Waals surface area contributed by atoms with Gasteiger partial charge in [-0.1, -0.05) is 46.9 Å². The highest BCUT2D eigenvalue weighted by Gasteiger charge is 2.12. The summed E-state index contributed by atoms with van der Waals surface area (Å²) in [6.07, 6.45) is 2.88. The summed E-state index contributed by atoms with van der Waals surface area (Å²) < 4.78 is 1.67. The van der Waals surface area contributed by atoms with Crippen LogP contribution in [0.4, 0.5) is 5.69 Å². The number of aryl methyl sites for hydroxylation is 1. The molecule has 0 unspecified atom stereocenters. The first kappa shape index (κ1) is 18.4. The zero-order valence-corrected chi connectivity index (χ0v) is 15.8. The fourth-order valence-electron chi connectivity index (χ4n) is 2.21. The third-order valence-corrected chi connectivity index (χ3v) is 4.56. The Balaban J connectivity index is 1.78. The molecule has 0 aliphatic heterocycles. The standard InChI is InChI=1S/C16H13Cl3N6O/c1-9-12(6-20-22-13-7-21-23-16(26)14(13)18)15(19)25(24-9)8-10-2-4-11(17)5-3-10/h2-7H,8H2,1H3,(H2,22,23,26)/b20-6-. The fourth-order valence-corrected chi connectivity index (χ4v) is 2.75. The maximum atomic E-state index is 11.4. The van der Waals surface area contributed by atoms with Gasteiger partial charge in [-0.3, -0.25) is 10.2 Å². The molecule has 0 atom stereocenters. The molecule has 2 N–H and O–H groups in total. The first-order valence-corrected chi connectivity index (χ1v) is 8.58. The fraction of sp³-hybridized carbons (Fsp3) is 0.125. The molecule has 0 saturated carbocycles. The molecule has 1 aromatic carbocycles. The number of hydrogen-bond donors (Lipinski definition) is 2. The number of aromatic nitrogens is 4. The first-order valence-electron chi connectivity index (χ1n) is 7.45. The van der Waals surface area contributed by atoms with Crippen LogP contribution in [0.1, 0.15) is 16.8 Å². The largest absolute Gasteiger partial charge is 0.285 e. The zero-order valence-electron chi connectivity index (χ0n) is 13.5. The number of nitrogens with zero attached hydrogens (tertiary/aromatic N) is 4. The van der Waals surface area contributed by atoms with Crippen molar-refractivity contribution in [2.75, 3.05) is 5.43 Å². The summed E-state index contributed by atoms with van der Waals surface area (Å²) in [7, 11) is 0. The van der Waals surface area contributed by atoms with E-state index in [9.17, 15) is 4.79 Å². The van der Waals surface area contributed by atoms with Crippen molar-refractivity contribution in [3.63, 3.8) is 0 Å². The number of rotatable bonds is 5. The monoisotopic (exact) mass is 410 g/mol. The van der Waals surface area contributed by atoms with E-state index in [1.807, 2.05) is 31.2 Å². The molecule has 0 spiro atoms. The van der Waals surface area contributed by atoms with E-state index in [4.69, 9.17) is 34.8 Å². The summed E-state index contributed by atoms with van der Waals surface area (Å²) in [6.45, 7) is 2.33. The summed E-state index contributed by atoms with van der Waals surface area (Å²) in [5.41, 5.74) is 4.83. The van der Waals surface area contributed by atoms with Crippen molar-refractivity contribution in [2.24, 2.45) is 5.10 Å². The number of anilines is 1. The third kappa shape index (κ3) is 4.07. The molecule has 134 valence electrons. The average Bonchev–Trinajstić information content (AvgIpc) is 2.88. The third-order valence-electron chi connectivity index (χ3n) is 3.53. The van der Waals surface area contributed by atoms with E-state index >= 15 is 0 Å². The van der Waals surface area contributed by atoms with Gasteiger partial charge in [-0.2, -0.15) is 15.3 Å². The van der Waals surface area contributed by atoms with Crippen molar-refractivity contribution >= 4 is 46.7 Å². The van der Waals surface area contributed by atoms with E-state index in [2.05, 4.69) is 25.8 Å². The minimum atomic E-state index is -0.503. The van der Waals surface area contributed by atoms with Gasteiger partial charge in [0.05, 0.1) is 30.2 Å². The SMILES string of the molecule is Cc1nn(Cc2ccc(Cl)cc2)c(Cl)c1/C=N\Nc1cn[nH]c(=O)c1Cl. The van der Waals surface area contributed by atoms with Crippen LogP contribution in [-0.2, 0) is 6.54 Å².